The van der Waals surface area contributed by atoms with E-state index < -0.39 is 8.45 Å². The minimum absolute atomic E-state index is 0.682. The third-order valence-electron chi connectivity index (χ3n) is 2.09. The minimum Gasteiger partial charge on any atom is -0.332 e. The summed E-state index contributed by atoms with van der Waals surface area (Å²) < 4.78 is 10.4. The van der Waals surface area contributed by atoms with Gasteiger partial charge in [-0.15, -0.1) is 26.3 Å². The molecule has 0 amide bonds. The van der Waals surface area contributed by atoms with Gasteiger partial charge in [-0.05, 0) is 6.92 Å². The molecule has 0 spiro atoms. The minimum atomic E-state index is -0.829. The molecule has 0 atom stereocenters. The average molecular weight is 268 g/mol. The highest BCUT2D eigenvalue weighted by molar-refractivity contribution is 7.47. The van der Waals surface area contributed by atoms with E-state index in [-0.39, 0.29) is 0 Å². The third-order valence-corrected chi connectivity index (χ3v) is 4.20. The first-order chi connectivity index (χ1) is 8.74. The van der Waals surface area contributed by atoms with Crippen molar-refractivity contribution in [1.29, 1.82) is 0 Å². The van der Waals surface area contributed by atoms with Crippen LogP contribution in [0.5, 0.6) is 0 Å². The number of rotatable bonds is 12. The molecule has 3 nitrogen and oxygen atoms in total. The van der Waals surface area contributed by atoms with Crippen LogP contribution in [0, 0.1) is 0 Å². The zero-order valence-corrected chi connectivity index (χ0v) is 12.3. The van der Waals surface area contributed by atoms with E-state index in [0.717, 1.165) is 26.2 Å². The summed E-state index contributed by atoms with van der Waals surface area (Å²) in [6.07, 6.45) is 7.55. The van der Waals surface area contributed by atoms with Crippen molar-refractivity contribution >= 4 is 8.45 Å². The molecule has 0 N–H and O–H groups in total. The van der Waals surface area contributed by atoms with Gasteiger partial charge in [-0.2, -0.15) is 0 Å². The maximum absolute atomic E-state index is 5.90. The molecule has 0 unspecified atom stereocenters. The van der Waals surface area contributed by atoms with Crippen LogP contribution < -0.4 is 0 Å². The van der Waals surface area contributed by atoms with Gasteiger partial charge in [0.05, 0.1) is 6.61 Å². The first kappa shape index (κ1) is 17.3. The van der Waals surface area contributed by atoms with E-state index in [1.165, 1.54) is 0 Å². The topological polar surface area (TPSA) is 15.7 Å². The molecular formula is C14H25N2OP. The second kappa shape index (κ2) is 11.4. The molecule has 0 saturated heterocycles. The van der Waals surface area contributed by atoms with Gasteiger partial charge >= 0.3 is 0 Å². The maximum atomic E-state index is 5.90. The summed E-state index contributed by atoms with van der Waals surface area (Å²) in [4.78, 5) is 0. The highest BCUT2D eigenvalue weighted by Gasteiger charge is 2.23. The van der Waals surface area contributed by atoms with Crippen molar-refractivity contribution in [2.45, 2.75) is 6.92 Å². The Hall–Kier alpha value is -0.730. The normalized spacial score (nSPS) is 10.9. The van der Waals surface area contributed by atoms with Crippen LogP contribution in [0.2, 0.25) is 0 Å². The van der Waals surface area contributed by atoms with Crippen LogP contribution in [0.1, 0.15) is 6.92 Å². The Morgan fingerprint density at radius 1 is 0.833 bits per heavy atom. The van der Waals surface area contributed by atoms with E-state index in [9.17, 15) is 0 Å². The molecule has 0 aliphatic carbocycles. The van der Waals surface area contributed by atoms with Crippen LogP contribution in [0.4, 0.5) is 0 Å². The summed E-state index contributed by atoms with van der Waals surface area (Å²) in [7, 11) is -0.829. The van der Waals surface area contributed by atoms with E-state index in [0.29, 0.717) is 6.61 Å². The van der Waals surface area contributed by atoms with Crippen molar-refractivity contribution in [1.82, 2.24) is 9.34 Å². The summed E-state index contributed by atoms with van der Waals surface area (Å²) in [5.74, 6) is 0. The highest BCUT2D eigenvalue weighted by Crippen LogP contribution is 2.45. The summed E-state index contributed by atoms with van der Waals surface area (Å²) >= 11 is 0. The van der Waals surface area contributed by atoms with E-state index in [1.54, 1.807) is 0 Å². The average Bonchev–Trinajstić information content (AvgIpc) is 2.36. The number of hydrogen-bond acceptors (Lipinski definition) is 3. The van der Waals surface area contributed by atoms with E-state index in [2.05, 4.69) is 35.7 Å². The molecule has 0 radical (unpaired) electrons. The quantitative estimate of drug-likeness (QED) is 0.397. The fourth-order valence-electron chi connectivity index (χ4n) is 1.48. The van der Waals surface area contributed by atoms with Crippen LogP contribution >= 0.6 is 8.45 Å². The van der Waals surface area contributed by atoms with Crippen LogP contribution in [0.3, 0.4) is 0 Å². The summed E-state index contributed by atoms with van der Waals surface area (Å²) in [5.41, 5.74) is 0. The van der Waals surface area contributed by atoms with Crippen molar-refractivity contribution in [3.05, 3.63) is 50.6 Å². The fourth-order valence-corrected chi connectivity index (χ4v) is 3.42. The predicted molar refractivity (Wildman–Crippen MR) is 82.5 cm³/mol. The first-order valence-corrected chi connectivity index (χ1v) is 7.27. The Balaban J connectivity index is 4.90. The molecule has 0 aromatic carbocycles. The molecule has 4 heteroatoms. The fraction of sp³-hybridized carbons (Fsp3) is 0.429. The first-order valence-electron chi connectivity index (χ1n) is 6.11. The van der Waals surface area contributed by atoms with Gasteiger partial charge in [0.1, 0.15) is 0 Å². The van der Waals surface area contributed by atoms with Gasteiger partial charge in [-0.25, -0.2) is 9.34 Å². The molecule has 0 fully saturated rings. The van der Waals surface area contributed by atoms with Crippen LogP contribution in [-0.2, 0) is 4.52 Å². The van der Waals surface area contributed by atoms with E-state index in [1.807, 2.05) is 31.2 Å². The standard InChI is InChI=1S/C14H25N2OP/c1-6-11-15(12-7-2)18(17-10-5)16(13-8-3)14-9-4/h6-9H,1-4,10-14H2,5H3. The van der Waals surface area contributed by atoms with Gasteiger partial charge in [0, 0.05) is 26.2 Å². The molecule has 0 rings (SSSR count). The lowest BCUT2D eigenvalue weighted by molar-refractivity contribution is 0.291. The molecule has 0 heterocycles. The number of nitrogens with zero attached hydrogens (tertiary/aromatic N) is 2. The Bertz CT molecular complexity index is 225. The molecule has 0 aromatic heterocycles. The van der Waals surface area contributed by atoms with Crippen molar-refractivity contribution in [2.75, 3.05) is 32.8 Å². The zero-order valence-electron chi connectivity index (χ0n) is 11.4. The lowest BCUT2D eigenvalue weighted by Crippen LogP contribution is -2.30. The summed E-state index contributed by atoms with van der Waals surface area (Å²) in [6, 6.07) is 0. The van der Waals surface area contributed by atoms with Gasteiger partial charge in [-0.1, -0.05) is 24.3 Å². The predicted octanol–water partition coefficient (Wildman–Crippen LogP) is 3.60. The largest absolute Gasteiger partial charge is 0.332 e. The van der Waals surface area contributed by atoms with Gasteiger partial charge in [0.15, 0.2) is 8.45 Å². The van der Waals surface area contributed by atoms with Gasteiger partial charge in [0.2, 0.25) is 0 Å². The van der Waals surface area contributed by atoms with Crippen molar-refractivity contribution in [3.8, 4) is 0 Å². The van der Waals surface area contributed by atoms with Crippen molar-refractivity contribution < 1.29 is 4.52 Å². The Morgan fingerprint density at radius 2 is 1.17 bits per heavy atom. The molecule has 0 saturated carbocycles. The highest BCUT2D eigenvalue weighted by atomic mass is 31.2. The molecule has 0 bridgehead atoms. The van der Waals surface area contributed by atoms with Crippen LogP contribution in [0.25, 0.3) is 0 Å². The van der Waals surface area contributed by atoms with Crippen LogP contribution in [0.15, 0.2) is 50.6 Å². The molecule has 18 heavy (non-hydrogen) atoms. The molecule has 102 valence electrons. The number of hydrogen-bond donors (Lipinski definition) is 0. The van der Waals surface area contributed by atoms with Crippen molar-refractivity contribution in [2.24, 2.45) is 0 Å². The second-order valence-electron chi connectivity index (χ2n) is 3.57. The summed E-state index contributed by atoms with van der Waals surface area (Å²) in [6.45, 7) is 21.0. The molecular weight excluding hydrogens is 243 g/mol. The zero-order chi connectivity index (χ0) is 13.8. The van der Waals surface area contributed by atoms with E-state index in [4.69, 9.17) is 4.52 Å². The second-order valence-corrected chi connectivity index (χ2v) is 5.46. The third kappa shape index (κ3) is 6.27. The van der Waals surface area contributed by atoms with E-state index >= 15 is 0 Å². The van der Waals surface area contributed by atoms with Crippen molar-refractivity contribution in [3.63, 3.8) is 0 Å². The summed E-state index contributed by atoms with van der Waals surface area (Å²) in [5, 5.41) is 0. The SMILES string of the molecule is C=CCN(CC=C)P(OCC)N(CC=C)CC=C. The monoisotopic (exact) mass is 268 g/mol. The van der Waals surface area contributed by atoms with Gasteiger partial charge < -0.3 is 4.52 Å². The smallest absolute Gasteiger partial charge is 0.189 e. The Kier molecular flexibility index (Phi) is 10.9. The lowest BCUT2D eigenvalue weighted by atomic mass is 10.5. The molecule has 0 aliphatic heterocycles. The Morgan fingerprint density at radius 3 is 1.39 bits per heavy atom. The van der Waals surface area contributed by atoms with Gasteiger partial charge in [0.25, 0.3) is 0 Å². The molecule has 0 aliphatic rings. The maximum Gasteiger partial charge on any atom is 0.189 e. The molecule has 0 aromatic rings. The Labute approximate surface area is 113 Å². The lowest BCUT2D eigenvalue weighted by Gasteiger charge is -2.35. The van der Waals surface area contributed by atoms with Gasteiger partial charge in [-0.3, -0.25) is 0 Å². The van der Waals surface area contributed by atoms with Crippen LogP contribution in [-0.4, -0.2) is 42.1 Å².